The zero-order chi connectivity index (χ0) is 19.7. The first-order chi connectivity index (χ1) is 13.6. The van der Waals surface area contributed by atoms with Crippen LogP contribution in [0.4, 0.5) is 5.95 Å². The number of ether oxygens (including phenoxy) is 3. The van der Waals surface area contributed by atoms with E-state index in [1.807, 2.05) is 24.3 Å². The fourth-order valence-electron chi connectivity index (χ4n) is 3.37. The first kappa shape index (κ1) is 17.7. The van der Waals surface area contributed by atoms with Gasteiger partial charge in [0.1, 0.15) is 0 Å². The predicted molar refractivity (Wildman–Crippen MR) is 111 cm³/mol. The SMILES string of the molecule is COc1cc(-c2nc(N)[nH]c2-c2ccc3ccccc3c2)cc(OC)c1OC. The van der Waals surface area contributed by atoms with Crippen molar-refractivity contribution in [3.8, 4) is 39.8 Å². The molecular weight excluding hydrogens is 354 g/mol. The van der Waals surface area contributed by atoms with Crippen molar-refractivity contribution in [3.05, 3.63) is 54.6 Å². The van der Waals surface area contributed by atoms with Crippen LogP contribution >= 0.6 is 0 Å². The summed E-state index contributed by atoms with van der Waals surface area (Å²) >= 11 is 0. The van der Waals surface area contributed by atoms with Crippen molar-refractivity contribution in [1.82, 2.24) is 9.97 Å². The average Bonchev–Trinajstić information content (AvgIpc) is 3.13. The summed E-state index contributed by atoms with van der Waals surface area (Å²) < 4.78 is 16.4. The highest BCUT2D eigenvalue weighted by atomic mass is 16.5. The number of imidazole rings is 1. The third kappa shape index (κ3) is 2.99. The fourth-order valence-corrected chi connectivity index (χ4v) is 3.37. The van der Waals surface area contributed by atoms with E-state index in [9.17, 15) is 0 Å². The standard InChI is InChI=1S/C22H21N3O3/c1-26-17-11-16(12-18(27-2)21(17)28-3)20-19(24-22(23)25-20)15-9-8-13-6-4-5-7-14(13)10-15/h4-12H,1-3H3,(H3,23,24,25). The number of H-pyrrole nitrogens is 1. The monoisotopic (exact) mass is 375 g/mol. The summed E-state index contributed by atoms with van der Waals surface area (Å²) in [5.74, 6) is 1.99. The summed E-state index contributed by atoms with van der Waals surface area (Å²) in [4.78, 5) is 7.70. The van der Waals surface area contributed by atoms with Crippen LogP contribution in [0.1, 0.15) is 0 Å². The van der Waals surface area contributed by atoms with Crippen molar-refractivity contribution in [2.75, 3.05) is 27.1 Å². The van der Waals surface area contributed by atoms with Gasteiger partial charge in [-0.2, -0.15) is 0 Å². The Kier molecular flexibility index (Phi) is 4.53. The smallest absolute Gasteiger partial charge is 0.203 e. The molecule has 142 valence electrons. The molecule has 4 rings (SSSR count). The molecule has 0 spiro atoms. The molecule has 4 aromatic rings. The van der Waals surface area contributed by atoms with E-state index in [1.54, 1.807) is 21.3 Å². The second-order valence-electron chi connectivity index (χ2n) is 6.32. The lowest BCUT2D eigenvalue weighted by Gasteiger charge is -2.14. The fraction of sp³-hybridized carbons (Fsp3) is 0.136. The number of methoxy groups -OCH3 is 3. The highest BCUT2D eigenvalue weighted by Gasteiger charge is 2.19. The number of fused-ring (bicyclic) bond motifs is 1. The Morgan fingerprint density at radius 2 is 1.46 bits per heavy atom. The molecule has 0 aliphatic heterocycles. The maximum Gasteiger partial charge on any atom is 0.203 e. The van der Waals surface area contributed by atoms with Gasteiger partial charge in [0, 0.05) is 11.1 Å². The molecule has 6 heteroatoms. The molecule has 28 heavy (non-hydrogen) atoms. The lowest BCUT2D eigenvalue weighted by atomic mass is 10.0. The van der Waals surface area contributed by atoms with Gasteiger partial charge in [0.15, 0.2) is 17.4 Å². The van der Waals surface area contributed by atoms with Crippen molar-refractivity contribution in [1.29, 1.82) is 0 Å². The number of nitrogens with one attached hydrogen (secondary N) is 1. The first-order valence-corrected chi connectivity index (χ1v) is 8.79. The normalized spacial score (nSPS) is 10.8. The number of nitrogens with zero attached hydrogens (tertiary/aromatic N) is 1. The van der Waals surface area contributed by atoms with Crippen molar-refractivity contribution in [2.24, 2.45) is 0 Å². The van der Waals surface area contributed by atoms with Gasteiger partial charge in [-0.15, -0.1) is 0 Å². The second-order valence-corrected chi connectivity index (χ2v) is 6.32. The maximum atomic E-state index is 6.01. The van der Waals surface area contributed by atoms with Gasteiger partial charge in [-0.25, -0.2) is 4.98 Å². The first-order valence-electron chi connectivity index (χ1n) is 8.79. The third-order valence-electron chi connectivity index (χ3n) is 4.70. The van der Waals surface area contributed by atoms with E-state index in [-0.39, 0.29) is 0 Å². The van der Waals surface area contributed by atoms with Gasteiger partial charge < -0.3 is 24.9 Å². The largest absolute Gasteiger partial charge is 0.493 e. The molecule has 0 aliphatic carbocycles. The molecule has 0 fully saturated rings. The molecule has 0 saturated carbocycles. The van der Waals surface area contributed by atoms with E-state index in [0.717, 1.165) is 22.2 Å². The number of aromatic nitrogens is 2. The van der Waals surface area contributed by atoms with E-state index in [0.29, 0.717) is 28.9 Å². The van der Waals surface area contributed by atoms with E-state index < -0.39 is 0 Å². The summed E-state index contributed by atoms with van der Waals surface area (Å²) in [6.45, 7) is 0. The maximum absolute atomic E-state index is 6.01. The van der Waals surface area contributed by atoms with Crippen LogP contribution in [0.15, 0.2) is 54.6 Å². The van der Waals surface area contributed by atoms with E-state index >= 15 is 0 Å². The Labute approximate surface area is 162 Å². The Hall–Kier alpha value is -3.67. The highest BCUT2D eigenvalue weighted by molar-refractivity contribution is 5.90. The highest BCUT2D eigenvalue weighted by Crippen LogP contribution is 2.43. The van der Waals surface area contributed by atoms with Crippen LogP contribution in [0.3, 0.4) is 0 Å². The van der Waals surface area contributed by atoms with Crippen molar-refractivity contribution >= 4 is 16.7 Å². The molecule has 0 bridgehead atoms. The number of nitrogen functional groups attached to an aromatic ring is 1. The van der Waals surface area contributed by atoms with Crippen LogP contribution in [0, 0.1) is 0 Å². The number of rotatable bonds is 5. The second kappa shape index (κ2) is 7.15. The van der Waals surface area contributed by atoms with E-state index in [4.69, 9.17) is 19.9 Å². The predicted octanol–water partition coefficient (Wildman–Crippen LogP) is 4.50. The minimum absolute atomic E-state index is 0.340. The van der Waals surface area contributed by atoms with Gasteiger partial charge in [-0.1, -0.05) is 36.4 Å². The molecular formula is C22H21N3O3. The average molecular weight is 375 g/mol. The molecule has 0 aliphatic rings. The van der Waals surface area contributed by atoms with E-state index in [2.05, 4.69) is 40.3 Å². The van der Waals surface area contributed by atoms with Crippen LogP contribution < -0.4 is 19.9 Å². The van der Waals surface area contributed by atoms with Crippen LogP contribution in [0.5, 0.6) is 17.2 Å². The number of benzene rings is 3. The van der Waals surface area contributed by atoms with Crippen LogP contribution in [-0.4, -0.2) is 31.3 Å². The van der Waals surface area contributed by atoms with Crippen LogP contribution in [0.25, 0.3) is 33.3 Å². The zero-order valence-electron chi connectivity index (χ0n) is 15.9. The van der Waals surface area contributed by atoms with Gasteiger partial charge in [0.05, 0.1) is 32.7 Å². The molecule has 0 atom stereocenters. The molecule has 0 radical (unpaired) electrons. The summed E-state index contributed by atoms with van der Waals surface area (Å²) in [5, 5.41) is 2.32. The molecule has 0 saturated heterocycles. The summed E-state index contributed by atoms with van der Waals surface area (Å²) in [6, 6.07) is 18.2. The summed E-state index contributed by atoms with van der Waals surface area (Å²) in [7, 11) is 4.75. The van der Waals surface area contributed by atoms with E-state index in [1.165, 1.54) is 5.39 Å². The number of hydrogen-bond donors (Lipinski definition) is 2. The molecule has 3 aromatic carbocycles. The number of hydrogen-bond acceptors (Lipinski definition) is 5. The molecule has 1 aromatic heterocycles. The van der Waals surface area contributed by atoms with Gasteiger partial charge >= 0.3 is 0 Å². The molecule has 1 heterocycles. The quantitative estimate of drug-likeness (QED) is 0.536. The topological polar surface area (TPSA) is 82.4 Å². The Morgan fingerprint density at radius 1 is 0.786 bits per heavy atom. The Bertz CT molecular complexity index is 1130. The lowest BCUT2D eigenvalue weighted by molar-refractivity contribution is 0.324. The molecule has 6 nitrogen and oxygen atoms in total. The van der Waals surface area contributed by atoms with Gasteiger partial charge in [0.25, 0.3) is 0 Å². The minimum atomic E-state index is 0.340. The summed E-state index contributed by atoms with van der Waals surface area (Å²) in [6.07, 6.45) is 0. The van der Waals surface area contributed by atoms with Gasteiger partial charge in [-0.05, 0) is 29.0 Å². The van der Waals surface area contributed by atoms with Crippen molar-refractivity contribution < 1.29 is 14.2 Å². The Balaban J connectivity index is 1.90. The lowest BCUT2D eigenvalue weighted by Crippen LogP contribution is -1.96. The van der Waals surface area contributed by atoms with Gasteiger partial charge in [0.2, 0.25) is 5.75 Å². The van der Waals surface area contributed by atoms with Crippen molar-refractivity contribution in [3.63, 3.8) is 0 Å². The number of nitrogens with two attached hydrogens (primary N) is 1. The molecule has 3 N–H and O–H groups in total. The van der Waals surface area contributed by atoms with Crippen LogP contribution in [-0.2, 0) is 0 Å². The Morgan fingerprint density at radius 3 is 2.11 bits per heavy atom. The zero-order valence-corrected chi connectivity index (χ0v) is 15.9. The number of anilines is 1. The van der Waals surface area contributed by atoms with Crippen molar-refractivity contribution in [2.45, 2.75) is 0 Å². The minimum Gasteiger partial charge on any atom is -0.493 e. The molecule has 0 unspecified atom stereocenters. The number of aromatic amines is 1. The molecule has 0 amide bonds. The third-order valence-corrected chi connectivity index (χ3v) is 4.70. The summed E-state index contributed by atoms with van der Waals surface area (Å²) in [5.41, 5.74) is 9.36. The van der Waals surface area contributed by atoms with Gasteiger partial charge in [-0.3, -0.25) is 0 Å². The van der Waals surface area contributed by atoms with Crippen LogP contribution in [0.2, 0.25) is 0 Å².